The lowest BCUT2D eigenvalue weighted by atomic mass is 10.00. The molecule has 1 aromatic heterocycles. The highest BCUT2D eigenvalue weighted by molar-refractivity contribution is 6.15. The van der Waals surface area contributed by atoms with Crippen LogP contribution < -0.4 is 5.32 Å². The van der Waals surface area contributed by atoms with Crippen molar-refractivity contribution in [3.05, 3.63) is 84.3 Å². The first-order valence-electron chi connectivity index (χ1n) is 10.9. The highest BCUT2D eigenvalue weighted by Crippen LogP contribution is 2.28. The van der Waals surface area contributed by atoms with Crippen molar-refractivity contribution < 1.29 is 14.0 Å². The Morgan fingerprint density at radius 2 is 1.64 bits per heavy atom. The molecule has 4 aromatic rings. The molecule has 2 heterocycles. The molecule has 0 aliphatic carbocycles. The van der Waals surface area contributed by atoms with Crippen molar-refractivity contribution in [1.82, 2.24) is 14.8 Å². The maximum absolute atomic E-state index is 13.4. The van der Waals surface area contributed by atoms with Crippen LogP contribution in [0.4, 0.5) is 10.1 Å². The number of nitrogens with zero attached hydrogens (tertiary/aromatic N) is 3. The topological polar surface area (TPSA) is 65.5 Å². The van der Waals surface area contributed by atoms with Gasteiger partial charge in [-0.2, -0.15) is 0 Å². The standard InChI is InChI=1S/C26H23FN4O2/c27-19-7-9-20(10-8-19)29-24(32)17-30-12-14-31(15-13-30)26(33)23-16-18-4-1-2-5-21(18)22-6-3-11-28-25(22)23/h1-11,16H,12-15,17H2,(H,29,32). The minimum atomic E-state index is -0.344. The number of halogens is 1. The van der Waals surface area contributed by atoms with Crippen LogP contribution >= 0.6 is 0 Å². The van der Waals surface area contributed by atoms with Crippen molar-refractivity contribution in [3.8, 4) is 0 Å². The van der Waals surface area contributed by atoms with E-state index >= 15 is 0 Å². The van der Waals surface area contributed by atoms with E-state index in [1.807, 2.05) is 52.3 Å². The number of piperazine rings is 1. The molecule has 1 aliphatic heterocycles. The number of benzene rings is 3. The lowest BCUT2D eigenvalue weighted by Crippen LogP contribution is -2.50. The van der Waals surface area contributed by atoms with Crippen LogP contribution in [0, 0.1) is 5.82 Å². The van der Waals surface area contributed by atoms with E-state index in [9.17, 15) is 14.0 Å². The fraction of sp³-hybridized carbons (Fsp3) is 0.192. The smallest absolute Gasteiger partial charge is 0.256 e. The van der Waals surface area contributed by atoms with Gasteiger partial charge in [0.15, 0.2) is 0 Å². The van der Waals surface area contributed by atoms with Crippen LogP contribution in [-0.2, 0) is 4.79 Å². The Bertz CT molecular complexity index is 1330. The lowest BCUT2D eigenvalue weighted by molar-refractivity contribution is -0.117. The molecule has 6 nitrogen and oxygen atoms in total. The first-order valence-corrected chi connectivity index (χ1v) is 10.9. The maximum Gasteiger partial charge on any atom is 0.256 e. The summed E-state index contributed by atoms with van der Waals surface area (Å²) in [5, 5.41) is 5.83. The van der Waals surface area contributed by atoms with E-state index < -0.39 is 0 Å². The Balaban J connectivity index is 1.26. The van der Waals surface area contributed by atoms with Gasteiger partial charge in [-0.1, -0.05) is 30.3 Å². The summed E-state index contributed by atoms with van der Waals surface area (Å²) >= 11 is 0. The summed E-state index contributed by atoms with van der Waals surface area (Å²) in [6.45, 7) is 2.48. The molecule has 1 saturated heterocycles. The second-order valence-corrected chi connectivity index (χ2v) is 8.17. The minimum Gasteiger partial charge on any atom is -0.336 e. The zero-order chi connectivity index (χ0) is 22.8. The van der Waals surface area contributed by atoms with Gasteiger partial charge in [0.2, 0.25) is 5.91 Å². The van der Waals surface area contributed by atoms with E-state index in [1.165, 1.54) is 24.3 Å². The van der Waals surface area contributed by atoms with E-state index in [0.29, 0.717) is 42.9 Å². The Kier molecular flexibility index (Phi) is 5.71. The van der Waals surface area contributed by atoms with Crippen molar-refractivity contribution in [1.29, 1.82) is 0 Å². The van der Waals surface area contributed by atoms with Gasteiger partial charge >= 0.3 is 0 Å². The average molecular weight is 442 g/mol. The van der Waals surface area contributed by atoms with E-state index in [1.54, 1.807) is 6.20 Å². The molecule has 0 atom stereocenters. The number of aromatic nitrogens is 1. The van der Waals surface area contributed by atoms with Crippen LogP contribution in [0.15, 0.2) is 72.9 Å². The SMILES string of the molecule is O=C(CN1CCN(C(=O)c2cc3ccccc3c3cccnc23)CC1)Nc1ccc(F)cc1. The molecule has 166 valence electrons. The minimum absolute atomic E-state index is 0.0418. The van der Waals surface area contributed by atoms with Gasteiger partial charge < -0.3 is 10.2 Å². The summed E-state index contributed by atoms with van der Waals surface area (Å²) in [5.74, 6) is -0.547. The molecule has 0 bridgehead atoms. The number of nitrogens with one attached hydrogen (secondary N) is 1. The predicted octanol–water partition coefficient (Wildman–Crippen LogP) is 3.92. The molecule has 0 saturated carbocycles. The second kappa shape index (κ2) is 8.96. The Morgan fingerprint density at radius 3 is 2.42 bits per heavy atom. The fourth-order valence-corrected chi connectivity index (χ4v) is 4.31. The Morgan fingerprint density at radius 1 is 0.909 bits per heavy atom. The molecular weight excluding hydrogens is 419 g/mol. The van der Waals surface area contributed by atoms with Gasteiger partial charge in [0.25, 0.3) is 5.91 Å². The number of hydrogen-bond donors (Lipinski definition) is 1. The third-order valence-electron chi connectivity index (χ3n) is 6.00. The van der Waals surface area contributed by atoms with E-state index in [-0.39, 0.29) is 24.2 Å². The third kappa shape index (κ3) is 4.40. The van der Waals surface area contributed by atoms with Gasteiger partial charge in [-0.3, -0.25) is 19.5 Å². The number of fused-ring (bicyclic) bond motifs is 3. The third-order valence-corrected chi connectivity index (χ3v) is 6.00. The Hall–Kier alpha value is -3.84. The molecular formula is C26H23FN4O2. The largest absolute Gasteiger partial charge is 0.336 e. The lowest BCUT2D eigenvalue weighted by Gasteiger charge is -2.34. The van der Waals surface area contributed by atoms with Gasteiger partial charge in [-0.25, -0.2) is 4.39 Å². The van der Waals surface area contributed by atoms with Crippen molar-refractivity contribution in [2.24, 2.45) is 0 Å². The van der Waals surface area contributed by atoms with E-state index in [2.05, 4.69) is 10.3 Å². The van der Waals surface area contributed by atoms with Gasteiger partial charge in [-0.05, 0) is 47.2 Å². The number of carbonyl (C=O) groups excluding carboxylic acids is 2. The van der Waals surface area contributed by atoms with Gasteiger partial charge in [0.1, 0.15) is 5.82 Å². The van der Waals surface area contributed by atoms with Crippen molar-refractivity contribution in [2.45, 2.75) is 0 Å². The number of rotatable bonds is 4. The Labute approximate surface area is 190 Å². The van der Waals surface area contributed by atoms with Crippen molar-refractivity contribution >= 4 is 39.2 Å². The summed E-state index contributed by atoms with van der Waals surface area (Å²) in [4.78, 5) is 34.1. The average Bonchev–Trinajstić information content (AvgIpc) is 2.85. The fourth-order valence-electron chi connectivity index (χ4n) is 4.31. The molecule has 1 N–H and O–H groups in total. The van der Waals surface area contributed by atoms with Gasteiger partial charge in [0.05, 0.1) is 17.6 Å². The molecule has 1 fully saturated rings. The van der Waals surface area contributed by atoms with Gasteiger partial charge in [-0.15, -0.1) is 0 Å². The van der Waals surface area contributed by atoms with Crippen molar-refractivity contribution in [3.63, 3.8) is 0 Å². The van der Waals surface area contributed by atoms with Gasteiger partial charge in [0, 0.05) is 43.4 Å². The summed E-state index contributed by atoms with van der Waals surface area (Å²) in [5.41, 5.74) is 1.88. The number of carbonyl (C=O) groups is 2. The molecule has 1 aliphatic rings. The molecule has 7 heteroatoms. The molecule has 3 aromatic carbocycles. The molecule has 33 heavy (non-hydrogen) atoms. The first kappa shape index (κ1) is 21.0. The molecule has 0 radical (unpaired) electrons. The highest BCUT2D eigenvalue weighted by Gasteiger charge is 2.25. The number of amides is 2. The highest BCUT2D eigenvalue weighted by atomic mass is 19.1. The molecule has 5 rings (SSSR count). The summed E-state index contributed by atoms with van der Waals surface area (Å²) in [6, 6.07) is 19.5. The quantitative estimate of drug-likeness (QED) is 0.487. The predicted molar refractivity (Wildman–Crippen MR) is 127 cm³/mol. The monoisotopic (exact) mass is 442 g/mol. The van der Waals surface area contributed by atoms with Crippen LogP contribution in [0.1, 0.15) is 10.4 Å². The summed E-state index contributed by atoms with van der Waals surface area (Å²) in [6.07, 6.45) is 1.71. The number of anilines is 1. The maximum atomic E-state index is 13.4. The van der Waals surface area contributed by atoms with Crippen LogP contribution in [0.5, 0.6) is 0 Å². The normalized spacial score (nSPS) is 14.5. The van der Waals surface area contributed by atoms with E-state index in [4.69, 9.17) is 0 Å². The number of pyridine rings is 1. The second-order valence-electron chi connectivity index (χ2n) is 8.17. The summed E-state index contributed by atoms with van der Waals surface area (Å²) in [7, 11) is 0. The van der Waals surface area contributed by atoms with Crippen LogP contribution in [0.3, 0.4) is 0 Å². The van der Waals surface area contributed by atoms with Crippen LogP contribution in [0.25, 0.3) is 21.7 Å². The zero-order valence-electron chi connectivity index (χ0n) is 18.0. The van der Waals surface area contributed by atoms with E-state index in [0.717, 1.165) is 16.2 Å². The first-order chi connectivity index (χ1) is 16.1. The molecule has 2 amide bonds. The van der Waals surface area contributed by atoms with Crippen molar-refractivity contribution in [2.75, 3.05) is 38.0 Å². The molecule has 0 unspecified atom stereocenters. The molecule has 0 spiro atoms. The zero-order valence-corrected chi connectivity index (χ0v) is 18.0. The van der Waals surface area contributed by atoms with Crippen LogP contribution in [0.2, 0.25) is 0 Å². The van der Waals surface area contributed by atoms with Crippen LogP contribution in [-0.4, -0.2) is 59.3 Å². The summed E-state index contributed by atoms with van der Waals surface area (Å²) < 4.78 is 13.0. The number of hydrogen-bond acceptors (Lipinski definition) is 4.